The first-order chi connectivity index (χ1) is 32.4. The minimum Gasteiger partial charge on any atom is -0.460 e. The minimum atomic E-state index is -1.38. The molecule has 68 heavy (non-hydrogen) atoms. The molecule has 9 atom stereocenters. The molecule has 0 spiro atoms. The number of carbonyl (C=O) groups is 4. The molecule has 3 saturated heterocycles. The predicted molar refractivity (Wildman–Crippen MR) is 256 cm³/mol. The van der Waals surface area contributed by atoms with Crippen LogP contribution in [0, 0.1) is 17.3 Å². The highest BCUT2D eigenvalue weighted by molar-refractivity contribution is 5.98. The molecule has 3 aliphatic heterocycles. The Labute approximate surface area is 400 Å². The molecule has 3 aliphatic carbocycles. The molecule has 12 nitrogen and oxygen atoms in total. The third-order valence-electron chi connectivity index (χ3n) is 15.3. The number of nitrogens with one attached hydrogen (secondary N) is 1. The minimum absolute atomic E-state index is 0.0127. The molecule has 0 bridgehead atoms. The summed E-state index contributed by atoms with van der Waals surface area (Å²) in [7, 11) is 0. The summed E-state index contributed by atoms with van der Waals surface area (Å²) in [6.07, 6.45) is 8.59. The summed E-state index contributed by atoms with van der Waals surface area (Å²) in [5.74, 6) is -1.97. The first-order valence-corrected chi connectivity index (χ1v) is 24.8. The summed E-state index contributed by atoms with van der Waals surface area (Å²) in [5.41, 5.74) is 4.37. The Balaban J connectivity index is 0.950. The lowest BCUT2D eigenvalue weighted by Gasteiger charge is -2.53. The van der Waals surface area contributed by atoms with Gasteiger partial charge in [0.25, 0.3) is 0 Å². The van der Waals surface area contributed by atoms with E-state index in [0.717, 1.165) is 36.0 Å². The van der Waals surface area contributed by atoms with Crippen LogP contribution in [0.4, 0.5) is 0 Å². The van der Waals surface area contributed by atoms with E-state index in [0.29, 0.717) is 53.9 Å². The van der Waals surface area contributed by atoms with Gasteiger partial charge in [0.2, 0.25) is 17.6 Å². The third-order valence-corrected chi connectivity index (χ3v) is 15.3. The molecule has 6 aliphatic rings. The number of epoxide rings is 1. The molecule has 2 amide bonds. The van der Waals surface area contributed by atoms with Crippen molar-refractivity contribution < 1.29 is 48.0 Å². The van der Waals surface area contributed by atoms with Crippen LogP contribution in [-0.4, -0.2) is 94.6 Å². The summed E-state index contributed by atoms with van der Waals surface area (Å²) in [6.45, 7) is 12.3. The Morgan fingerprint density at radius 2 is 1.59 bits per heavy atom. The summed E-state index contributed by atoms with van der Waals surface area (Å²) in [5, 5.41) is 13.0. The summed E-state index contributed by atoms with van der Waals surface area (Å²) in [6, 6.07) is 25.3. The van der Waals surface area contributed by atoms with Gasteiger partial charge in [-0.05, 0) is 120 Å². The zero-order valence-corrected chi connectivity index (χ0v) is 40.4. The number of fused-ring (bicyclic) bond motifs is 3. The quantitative estimate of drug-likeness (QED) is 0.133. The van der Waals surface area contributed by atoms with Crippen LogP contribution >= 0.6 is 0 Å². The molecule has 3 aromatic carbocycles. The van der Waals surface area contributed by atoms with E-state index in [4.69, 9.17) is 23.7 Å². The zero-order valence-electron chi connectivity index (χ0n) is 40.4. The Bertz CT molecular complexity index is 2370. The van der Waals surface area contributed by atoms with Crippen LogP contribution in [0.25, 0.3) is 6.08 Å². The number of ether oxygens (including phenoxy) is 5. The average Bonchev–Trinajstić information content (AvgIpc) is 3.60. The van der Waals surface area contributed by atoms with Crippen molar-refractivity contribution in [1.82, 2.24) is 10.2 Å². The van der Waals surface area contributed by atoms with Gasteiger partial charge in [-0.15, -0.1) is 0 Å². The van der Waals surface area contributed by atoms with Gasteiger partial charge in [-0.1, -0.05) is 98.3 Å². The van der Waals surface area contributed by atoms with Gasteiger partial charge in [0.1, 0.15) is 30.0 Å². The number of benzene rings is 3. The van der Waals surface area contributed by atoms with Gasteiger partial charge >= 0.3 is 11.9 Å². The second-order valence-electron chi connectivity index (χ2n) is 21.8. The number of carbonyl (C=O) groups excluding carboxylic acids is 4. The molecule has 362 valence electrons. The molecular weight excluding hydrogens is 861 g/mol. The number of amides is 2. The molecule has 2 saturated carbocycles. The fraction of sp³-hybridized carbons (Fsp3) is 0.536. The van der Waals surface area contributed by atoms with Gasteiger partial charge in [-0.2, -0.15) is 0 Å². The normalized spacial score (nSPS) is 30.2. The van der Waals surface area contributed by atoms with Crippen LogP contribution in [-0.2, 0) is 43.9 Å². The maximum Gasteiger partial charge on any atom is 0.338 e. The summed E-state index contributed by atoms with van der Waals surface area (Å²) in [4.78, 5) is 56.8. The largest absolute Gasteiger partial charge is 0.460 e. The molecule has 5 fully saturated rings. The Kier molecular flexibility index (Phi) is 13.4. The number of allylic oxidation sites excluding steroid dienone is 1. The monoisotopic (exact) mass is 928 g/mol. The summed E-state index contributed by atoms with van der Waals surface area (Å²) >= 11 is 0. The number of rotatable bonds is 12. The van der Waals surface area contributed by atoms with Crippen molar-refractivity contribution in [3.8, 4) is 0 Å². The number of nitrogens with zero attached hydrogens (tertiary/aromatic N) is 1. The number of hydrogen-bond donors (Lipinski definition) is 2. The van der Waals surface area contributed by atoms with Crippen LogP contribution in [0.1, 0.15) is 133 Å². The molecule has 3 heterocycles. The van der Waals surface area contributed by atoms with Gasteiger partial charge < -0.3 is 39.0 Å². The highest BCUT2D eigenvalue weighted by atomic mass is 16.8. The maximum atomic E-state index is 14.7. The van der Waals surface area contributed by atoms with E-state index in [-0.39, 0.29) is 37.4 Å². The van der Waals surface area contributed by atoms with Crippen molar-refractivity contribution in [3.63, 3.8) is 0 Å². The van der Waals surface area contributed by atoms with Crippen LogP contribution < -0.4 is 5.32 Å². The third kappa shape index (κ3) is 9.97. The van der Waals surface area contributed by atoms with Gasteiger partial charge in [-0.3, -0.25) is 14.4 Å². The number of aliphatic hydroxyl groups is 1. The summed E-state index contributed by atoms with van der Waals surface area (Å²) < 4.78 is 31.9. The highest BCUT2D eigenvalue weighted by Gasteiger charge is 2.57. The van der Waals surface area contributed by atoms with Crippen molar-refractivity contribution in [2.45, 2.75) is 159 Å². The molecule has 3 aromatic rings. The van der Waals surface area contributed by atoms with Crippen LogP contribution in [0.3, 0.4) is 0 Å². The zero-order chi connectivity index (χ0) is 48.0. The lowest BCUT2D eigenvalue weighted by atomic mass is 9.52. The van der Waals surface area contributed by atoms with E-state index in [1.807, 2.05) is 72.8 Å². The molecule has 0 aromatic heterocycles. The van der Waals surface area contributed by atoms with E-state index < -0.39 is 59.6 Å². The van der Waals surface area contributed by atoms with Crippen LogP contribution in [0.5, 0.6) is 0 Å². The molecule has 2 N–H and O–H groups in total. The van der Waals surface area contributed by atoms with E-state index in [1.165, 1.54) is 18.4 Å². The molecule has 9 rings (SSSR count). The van der Waals surface area contributed by atoms with Gasteiger partial charge in [-0.25, -0.2) is 4.79 Å². The van der Waals surface area contributed by atoms with Gasteiger partial charge in [0.15, 0.2) is 0 Å². The average molecular weight is 929 g/mol. The number of esters is 2. The second-order valence-corrected chi connectivity index (χ2v) is 21.8. The molecular formula is C56H68N2O10. The predicted octanol–water partition coefficient (Wildman–Crippen LogP) is 8.59. The van der Waals surface area contributed by atoms with Crippen LogP contribution in [0.2, 0.25) is 0 Å². The van der Waals surface area contributed by atoms with Crippen molar-refractivity contribution in [2.75, 3.05) is 13.2 Å². The van der Waals surface area contributed by atoms with E-state index >= 15 is 0 Å². The standard InChI is InChI=1S/C56H68N2O10/c1-53(2,3)67-48(60)26-24-41(34-59)57-50(61)44-18-13-29-58(44)51(62)38-31-45(49-46(32-38)65-56(68-49,39-14-9-7-10-15-39)40-16-11-8-12-17-40)64-52(63)36-21-19-35(20-22-36)30-37-23-25-47-55(6,66-47)28-27-43-42(37)33-54(43,4)5/h7-12,14-17,19-22,30,32,41-47,49,59H,13,18,23-29,31,33-34H2,1-6H3,(H,57,61). The van der Waals surface area contributed by atoms with E-state index in [9.17, 15) is 24.3 Å². The Morgan fingerprint density at radius 3 is 2.24 bits per heavy atom. The molecule has 12 heteroatoms. The maximum absolute atomic E-state index is 14.7. The van der Waals surface area contributed by atoms with Crippen molar-refractivity contribution in [1.29, 1.82) is 0 Å². The van der Waals surface area contributed by atoms with Crippen molar-refractivity contribution in [3.05, 3.63) is 124 Å². The number of aliphatic hydroxyl groups excluding tert-OH is 1. The second kappa shape index (κ2) is 19.0. The van der Waals surface area contributed by atoms with Crippen molar-refractivity contribution >= 4 is 29.8 Å². The van der Waals surface area contributed by atoms with Crippen LogP contribution in [0.15, 0.2) is 102 Å². The lowest BCUT2D eigenvalue weighted by Crippen LogP contribution is -2.51. The number of hydrogen-bond acceptors (Lipinski definition) is 10. The Hall–Kier alpha value is -5.14. The first-order valence-electron chi connectivity index (χ1n) is 24.8. The Morgan fingerprint density at radius 1 is 0.897 bits per heavy atom. The lowest BCUT2D eigenvalue weighted by molar-refractivity contribution is -0.157. The SMILES string of the molecule is CC(C)(C)OC(=O)CCC(CO)NC(=O)C1CCCN1C(=O)C1=CC2OC(c3ccccc3)(c3ccccc3)OC2C(OC(=O)c2ccc(C=C3CCC4OC4(C)CCC4C3CC4(C)C)cc2)C1. The van der Waals surface area contributed by atoms with E-state index in [1.54, 1.807) is 43.9 Å². The van der Waals surface area contributed by atoms with Gasteiger partial charge in [0.05, 0.1) is 29.9 Å². The molecule has 0 radical (unpaired) electrons. The fourth-order valence-corrected chi connectivity index (χ4v) is 11.6. The topological polar surface area (TPSA) is 153 Å². The van der Waals surface area contributed by atoms with Gasteiger partial charge in [0, 0.05) is 36.1 Å². The molecule has 9 unspecified atom stereocenters. The number of likely N-dealkylation sites (tertiary alicyclic amines) is 1. The first kappa shape index (κ1) is 47.9. The highest BCUT2D eigenvalue weighted by Crippen LogP contribution is 2.60. The van der Waals surface area contributed by atoms with E-state index in [2.05, 4.69) is 32.2 Å². The smallest absolute Gasteiger partial charge is 0.338 e. The van der Waals surface area contributed by atoms with Crippen molar-refractivity contribution in [2.24, 2.45) is 17.3 Å². The fourth-order valence-electron chi connectivity index (χ4n) is 11.6.